The lowest BCUT2D eigenvalue weighted by Gasteiger charge is -2.21. The Kier molecular flexibility index (Phi) is 74.1. The van der Waals surface area contributed by atoms with Gasteiger partial charge in [0.05, 0.1) is 26.4 Å². The number of carbonyl (C=O) groups excluding carboxylic acids is 4. The molecule has 0 aromatic carbocycles. The number of hydrogen-bond acceptors (Lipinski definition) is 15. The predicted molar refractivity (Wildman–Crippen MR) is 423 cm³/mol. The molecule has 19 heteroatoms. The third-order valence-corrected chi connectivity index (χ3v) is 22.0. The van der Waals surface area contributed by atoms with Crippen LogP contribution in [0.3, 0.4) is 0 Å². The van der Waals surface area contributed by atoms with Crippen LogP contribution in [0.1, 0.15) is 446 Å². The second-order valence-electron chi connectivity index (χ2n) is 30.9. The van der Waals surface area contributed by atoms with E-state index in [1.54, 1.807) is 0 Å². The SMILES string of the molecule is CCCCCCCCCCCCCCCCCCCCCC(=O)OC[C@H](COP(=O)(O)OC[C@@H](O)COP(=O)(O)OC[C@@H](COC(=O)CCCCCCCCCCCCC)OC(=O)CCCCCCCCCCCCC(C)CC)OC(=O)CCCCCCCCCCCCCCCCCCC(C)C. The highest BCUT2D eigenvalue weighted by Gasteiger charge is 2.30. The predicted octanol–water partition coefficient (Wildman–Crippen LogP) is 25.5. The standard InChI is InChI=1S/C84H164O17P2/c1-7-10-12-14-16-18-20-21-22-23-24-25-29-32-36-43-49-55-61-67-82(87)95-73-79(100-83(88)68-62-56-50-44-37-33-30-27-26-28-31-35-40-46-52-58-64-76(4)5)74-98-102(90,91)96-70-78(85)71-97-103(92,93)99-75-80(72-94-81(86)66-60-54-48-42-34-19-17-15-13-11-8-2)101-84(89)69-63-57-51-45-39-38-41-47-53-59-65-77(6)9-3/h76-80,85H,7-75H2,1-6H3,(H,90,91)(H,92,93)/t77?,78-,79-,80-/m1/s1. The number of phosphoric ester groups is 2. The quantitative estimate of drug-likeness (QED) is 0.0222. The molecule has 0 rings (SSSR count). The number of rotatable bonds is 83. The molecule has 0 radical (unpaired) electrons. The smallest absolute Gasteiger partial charge is 0.462 e. The second-order valence-corrected chi connectivity index (χ2v) is 33.8. The molecular formula is C84H164O17P2. The number of esters is 4. The fourth-order valence-corrected chi connectivity index (χ4v) is 14.6. The van der Waals surface area contributed by atoms with Gasteiger partial charge in [-0.3, -0.25) is 37.3 Å². The van der Waals surface area contributed by atoms with Crippen LogP contribution in [0, 0.1) is 11.8 Å². The van der Waals surface area contributed by atoms with E-state index in [1.807, 2.05) is 0 Å². The number of carbonyl (C=O) groups is 4. The third kappa shape index (κ3) is 76.6. The highest BCUT2D eigenvalue weighted by molar-refractivity contribution is 7.47. The molecule has 612 valence electrons. The topological polar surface area (TPSA) is 237 Å². The maximum Gasteiger partial charge on any atom is 0.472 e. The molecule has 0 fully saturated rings. The highest BCUT2D eigenvalue weighted by atomic mass is 31.2. The molecule has 6 atom stereocenters. The highest BCUT2D eigenvalue weighted by Crippen LogP contribution is 2.45. The minimum Gasteiger partial charge on any atom is -0.462 e. The van der Waals surface area contributed by atoms with E-state index >= 15 is 0 Å². The first-order chi connectivity index (χ1) is 49.9. The molecule has 0 bridgehead atoms. The van der Waals surface area contributed by atoms with Crippen molar-refractivity contribution in [3.05, 3.63) is 0 Å². The molecule has 0 spiro atoms. The lowest BCUT2D eigenvalue weighted by molar-refractivity contribution is -0.161. The molecule has 0 aliphatic carbocycles. The van der Waals surface area contributed by atoms with Crippen LogP contribution in [0.15, 0.2) is 0 Å². The van der Waals surface area contributed by atoms with E-state index < -0.39 is 97.5 Å². The van der Waals surface area contributed by atoms with Gasteiger partial charge in [0.15, 0.2) is 12.2 Å². The molecule has 0 aromatic rings. The van der Waals surface area contributed by atoms with Crippen LogP contribution in [0.4, 0.5) is 0 Å². The van der Waals surface area contributed by atoms with Crippen LogP contribution in [0.25, 0.3) is 0 Å². The van der Waals surface area contributed by atoms with E-state index in [4.69, 9.17) is 37.0 Å². The van der Waals surface area contributed by atoms with E-state index in [1.165, 1.54) is 263 Å². The Balaban J connectivity index is 5.24. The van der Waals surface area contributed by atoms with Crippen molar-refractivity contribution in [1.29, 1.82) is 0 Å². The molecule has 0 aromatic heterocycles. The number of hydrogen-bond donors (Lipinski definition) is 3. The van der Waals surface area contributed by atoms with Crippen molar-refractivity contribution in [1.82, 2.24) is 0 Å². The van der Waals surface area contributed by atoms with Crippen molar-refractivity contribution >= 4 is 39.5 Å². The number of phosphoric acid groups is 2. The van der Waals surface area contributed by atoms with E-state index in [9.17, 15) is 43.2 Å². The Morgan fingerprint density at radius 2 is 0.495 bits per heavy atom. The Bertz CT molecular complexity index is 1980. The number of aliphatic hydroxyl groups excluding tert-OH is 1. The van der Waals surface area contributed by atoms with Crippen molar-refractivity contribution in [2.24, 2.45) is 11.8 Å². The fraction of sp³-hybridized carbons (Fsp3) is 0.952. The van der Waals surface area contributed by atoms with Crippen LogP contribution in [-0.2, 0) is 65.4 Å². The van der Waals surface area contributed by atoms with Gasteiger partial charge in [-0.2, -0.15) is 0 Å². The molecule has 17 nitrogen and oxygen atoms in total. The molecule has 0 aliphatic rings. The summed E-state index contributed by atoms with van der Waals surface area (Å²) in [6, 6.07) is 0. The Morgan fingerprint density at radius 1 is 0.282 bits per heavy atom. The zero-order valence-electron chi connectivity index (χ0n) is 67.6. The maximum atomic E-state index is 13.1. The van der Waals surface area contributed by atoms with Gasteiger partial charge in [0.2, 0.25) is 0 Å². The summed E-state index contributed by atoms with van der Waals surface area (Å²) >= 11 is 0. The second kappa shape index (κ2) is 75.5. The van der Waals surface area contributed by atoms with E-state index in [0.717, 1.165) is 102 Å². The number of unbranched alkanes of at least 4 members (excludes halogenated alkanes) is 52. The number of aliphatic hydroxyl groups is 1. The summed E-state index contributed by atoms with van der Waals surface area (Å²) < 4.78 is 68.8. The summed E-state index contributed by atoms with van der Waals surface area (Å²) in [7, 11) is -9.92. The normalized spacial score (nSPS) is 14.1. The van der Waals surface area contributed by atoms with Gasteiger partial charge in [0.1, 0.15) is 19.3 Å². The lowest BCUT2D eigenvalue weighted by Crippen LogP contribution is -2.30. The molecule has 3 unspecified atom stereocenters. The van der Waals surface area contributed by atoms with Gasteiger partial charge in [-0.25, -0.2) is 9.13 Å². The molecule has 0 saturated carbocycles. The Hall–Kier alpha value is -1.94. The van der Waals surface area contributed by atoms with Crippen molar-refractivity contribution in [2.45, 2.75) is 464 Å². The van der Waals surface area contributed by atoms with E-state index in [2.05, 4.69) is 41.5 Å². The first-order valence-electron chi connectivity index (χ1n) is 43.5. The zero-order chi connectivity index (χ0) is 75.6. The zero-order valence-corrected chi connectivity index (χ0v) is 69.4. The molecule has 0 saturated heterocycles. The van der Waals surface area contributed by atoms with Gasteiger partial charge >= 0.3 is 39.5 Å². The van der Waals surface area contributed by atoms with Gasteiger partial charge in [0.25, 0.3) is 0 Å². The van der Waals surface area contributed by atoms with Gasteiger partial charge in [0, 0.05) is 25.7 Å². The van der Waals surface area contributed by atoms with Gasteiger partial charge in [-0.1, -0.05) is 395 Å². The van der Waals surface area contributed by atoms with Crippen molar-refractivity contribution in [2.75, 3.05) is 39.6 Å². The monoisotopic (exact) mass is 1510 g/mol. The summed E-state index contributed by atoms with van der Waals surface area (Å²) in [5.74, 6) is -0.492. The average Bonchev–Trinajstić information content (AvgIpc) is 0.907. The summed E-state index contributed by atoms with van der Waals surface area (Å²) in [5, 5.41) is 10.7. The minimum absolute atomic E-state index is 0.107. The molecule has 0 amide bonds. The van der Waals surface area contributed by atoms with Crippen molar-refractivity contribution in [3.63, 3.8) is 0 Å². The summed E-state index contributed by atoms with van der Waals surface area (Å²) in [6.45, 7) is 9.71. The molecule has 0 aliphatic heterocycles. The number of ether oxygens (including phenoxy) is 4. The Labute approximate surface area is 632 Å². The van der Waals surface area contributed by atoms with Crippen LogP contribution in [0.2, 0.25) is 0 Å². The van der Waals surface area contributed by atoms with E-state index in [-0.39, 0.29) is 25.7 Å². The minimum atomic E-state index is -4.96. The summed E-state index contributed by atoms with van der Waals surface area (Å²) in [5.41, 5.74) is 0. The lowest BCUT2D eigenvalue weighted by atomic mass is 9.99. The van der Waals surface area contributed by atoms with Gasteiger partial charge in [-0.15, -0.1) is 0 Å². The third-order valence-electron chi connectivity index (χ3n) is 20.1. The molecule has 3 N–H and O–H groups in total. The van der Waals surface area contributed by atoms with Gasteiger partial charge < -0.3 is 33.8 Å². The molecule has 0 heterocycles. The fourth-order valence-electron chi connectivity index (χ4n) is 13.0. The largest absolute Gasteiger partial charge is 0.472 e. The van der Waals surface area contributed by atoms with Crippen LogP contribution >= 0.6 is 15.6 Å². The Morgan fingerprint density at radius 3 is 0.738 bits per heavy atom. The van der Waals surface area contributed by atoms with Crippen molar-refractivity contribution in [3.8, 4) is 0 Å². The first-order valence-corrected chi connectivity index (χ1v) is 46.5. The summed E-state index contributed by atoms with van der Waals surface area (Å²) in [6.07, 6.45) is 66.5. The van der Waals surface area contributed by atoms with Crippen LogP contribution in [-0.4, -0.2) is 96.7 Å². The van der Waals surface area contributed by atoms with E-state index in [0.29, 0.717) is 25.7 Å². The van der Waals surface area contributed by atoms with Crippen LogP contribution < -0.4 is 0 Å². The molecule has 103 heavy (non-hydrogen) atoms. The van der Waals surface area contributed by atoms with Crippen molar-refractivity contribution < 1.29 is 80.2 Å². The summed E-state index contributed by atoms with van der Waals surface area (Å²) in [4.78, 5) is 73.1. The average molecular weight is 1510 g/mol. The van der Waals surface area contributed by atoms with Gasteiger partial charge in [-0.05, 0) is 37.5 Å². The van der Waals surface area contributed by atoms with Crippen LogP contribution in [0.5, 0.6) is 0 Å². The maximum absolute atomic E-state index is 13.1. The molecular weight excluding hydrogens is 1340 g/mol. The first kappa shape index (κ1) is 101.